The molecule has 1 saturated heterocycles. The number of hydrogen-bond donors (Lipinski definition) is 0. The van der Waals surface area contributed by atoms with Crippen molar-refractivity contribution in [3.8, 4) is 11.5 Å². The van der Waals surface area contributed by atoms with Crippen LogP contribution in [0.3, 0.4) is 0 Å². The van der Waals surface area contributed by atoms with E-state index >= 15 is 0 Å². The van der Waals surface area contributed by atoms with Crippen LogP contribution in [0.1, 0.15) is 13.8 Å². The summed E-state index contributed by atoms with van der Waals surface area (Å²) in [7, 11) is 1.65. The Hall–Kier alpha value is -2.27. The maximum absolute atomic E-state index is 5.80. The minimum Gasteiger partial charge on any atom is -0.495 e. The van der Waals surface area contributed by atoms with E-state index in [4.69, 9.17) is 18.6 Å². The number of ether oxygens (including phenoxy) is 3. The van der Waals surface area contributed by atoms with Gasteiger partial charge in [-0.1, -0.05) is 0 Å². The standard InChI is InChI=1S/C17H17NO4/c1-17(2)14(22-17)9-21-10-4-5-11-13(8-10)18-16-12(6-7-20-16)15(11)19-3/h4-8,14H,9H2,1-3H3/t14-/m1/s1. The fourth-order valence-electron chi connectivity index (χ4n) is 2.66. The first-order valence-electron chi connectivity index (χ1n) is 7.24. The average Bonchev–Trinajstić information content (AvgIpc) is 2.89. The number of rotatable bonds is 4. The predicted molar refractivity (Wildman–Crippen MR) is 82.5 cm³/mol. The monoisotopic (exact) mass is 299 g/mol. The van der Waals surface area contributed by atoms with Crippen LogP contribution in [0.25, 0.3) is 22.0 Å². The Labute approximate surface area is 127 Å². The molecule has 114 valence electrons. The minimum atomic E-state index is -0.0708. The van der Waals surface area contributed by atoms with Crippen molar-refractivity contribution in [1.29, 1.82) is 0 Å². The van der Waals surface area contributed by atoms with E-state index < -0.39 is 0 Å². The second-order valence-corrected chi connectivity index (χ2v) is 5.98. The highest BCUT2D eigenvalue weighted by Crippen LogP contribution is 2.37. The zero-order chi connectivity index (χ0) is 15.3. The minimum absolute atomic E-state index is 0.0708. The molecule has 0 radical (unpaired) electrons. The van der Waals surface area contributed by atoms with Gasteiger partial charge < -0.3 is 18.6 Å². The molecule has 1 aromatic carbocycles. The van der Waals surface area contributed by atoms with Gasteiger partial charge in [0, 0.05) is 11.5 Å². The molecular weight excluding hydrogens is 282 g/mol. The van der Waals surface area contributed by atoms with Crippen molar-refractivity contribution in [2.45, 2.75) is 25.6 Å². The van der Waals surface area contributed by atoms with E-state index in [1.807, 2.05) is 24.3 Å². The average molecular weight is 299 g/mol. The molecule has 22 heavy (non-hydrogen) atoms. The first-order chi connectivity index (χ1) is 10.6. The Bertz CT molecular complexity index is 852. The van der Waals surface area contributed by atoms with Gasteiger partial charge in [-0.3, -0.25) is 0 Å². The quantitative estimate of drug-likeness (QED) is 0.690. The second-order valence-electron chi connectivity index (χ2n) is 5.98. The summed E-state index contributed by atoms with van der Waals surface area (Å²) in [6.07, 6.45) is 1.77. The summed E-state index contributed by atoms with van der Waals surface area (Å²) in [4.78, 5) is 4.52. The Kier molecular flexibility index (Phi) is 2.81. The summed E-state index contributed by atoms with van der Waals surface area (Å²) in [5.41, 5.74) is 1.28. The SMILES string of the molecule is COc1c2ccc(OC[C@H]3OC3(C)C)cc2nc2occc12. The number of pyridine rings is 1. The van der Waals surface area contributed by atoms with Crippen molar-refractivity contribution >= 4 is 22.0 Å². The fourth-order valence-corrected chi connectivity index (χ4v) is 2.66. The number of furan rings is 1. The van der Waals surface area contributed by atoms with Crippen LogP contribution in [0.4, 0.5) is 0 Å². The van der Waals surface area contributed by atoms with Gasteiger partial charge in [0.25, 0.3) is 0 Å². The van der Waals surface area contributed by atoms with Gasteiger partial charge in [0.05, 0.1) is 29.9 Å². The molecule has 0 aliphatic carbocycles. The Morgan fingerprint density at radius 2 is 2.05 bits per heavy atom. The van der Waals surface area contributed by atoms with Crippen LogP contribution in [0, 0.1) is 0 Å². The Balaban J connectivity index is 1.69. The molecule has 5 nitrogen and oxygen atoms in total. The highest BCUT2D eigenvalue weighted by atomic mass is 16.6. The van der Waals surface area contributed by atoms with Gasteiger partial charge in [0.15, 0.2) is 0 Å². The molecule has 0 spiro atoms. The molecule has 4 rings (SSSR count). The van der Waals surface area contributed by atoms with Crippen LogP contribution < -0.4 is 9.47 Å². The summed E-state index contributed by atoms with van der Waals surface area (Å²) in [6.45, 7) is 4.65. The number of nitrogens with zero attached hydrogens (tertiary/aromatic N) is 1. The molecule has 1 aliphatic rings. The fraction of sp³-hybridized carbons (Fsp3) is 0.353. The largest absolute Gasteiger partial charge is 0.495 e. The van der Waals surface area contributed by atoms with Gasteiger partial charge >= 0.3 is 0 Å². The molecule has 0 bridgehead atoms. The molecule has 0 unspecified atom stereocenters. The van der Waals surface area contributed by atoms with E-state index in [1.165, 1.54) is 0 Å². The van der Waals surface area contributed by atoms with E-state index in [-0.39, 0.29) is 11.7 Å². The van der Waals surface area contributed by atoms with Gasteiger partial charge in [0.2, 0.25) is 5.71 Å². The zero-order valence-electron chi connectivity index (χ0n) is 12.8. The third-order valence-corrected chi connectivity index (χ3v) is 4.09. The van der Waals surface area contributed by atoms with Crippen molar-refractivity contribution in [3.05, 3.63) is 30.5 Å². The summed E-state index contributed by atoms with van der Waals surface area (Å²) >= 11 is 0. The van der Waals surface area contributed by atoms with Crippen molar-refractivity contribution in [2.75, 3.05) is 13.7 Å². The number of methoxy groups -OCH3 is 1. The number of hydrogen-bond acceptors (Lipinski definition) is 5. The highest BCUT2D eigenvalue weighted by Gasteiger charge is 2.48. The number of epoxide rings is 1. The lowest BCUT2D eigenvalue weighted by Crippen LogP contribution is -2.12. The molecule has 0 amide bonds. The topological polar surface area (TPSA) is 57.0 Å². The Morgan fingerprint density at radius 1 is 1.23 bits per heavy atom. The second kappa shape index (κ2) is 4.61. The zero-order valence-corrected chi connectivity index (χ0v) is 12.8. The lowest BCUT2D eigenvalue weighted by molar-refractivity contribution is 0.254. The van der Waals surface area contributed by atoms with E-state index in [2.05, 4.69) is 18.8 Å². The van der Waals surface area contributed by atoms with E-state index in [0.29, 0.717) is 12.3 Å². The smallest absolute Gasteiger partial charge is 0.230 e. The van der Waals surface area contributed by atoms with Crippen molar-refractivity contribution in [3.63, 3.8) is 0 Å². The molecule has 3 heterocycles. The maximum Gasteiger partial charge on any atom is 0.230 e. The number of aromatic nitrogens is 1. The highest BCUT2D eigenvalue weighted by molar-refractivity contribution is 5.99. The molecular formula is C17H17NO4. The summed E-state index contributed by atoms with van der Waals surface area (Å²) in [6, 6.07) is 7.64. The van der Waals surface area contributed by atoms with Gasteiger partial charge in [-0.2, -0.15) is 0 Å². The first-order valence-corrected chi connectivity index (χ1v) is 7.24. The molecule has 3 aromatic rings. The van der Waals surface area contributed by atoms with Crippen LogP contribution in [0.5, 0.6) is 11.5 Å². The third-order valence-electron chi connectivity index (χ3n) is 4.09. The molecule has 0 saturated carbocycles. The van der Waals surface area contributed by atoms with E-state index in [1.54, 1.807) is 13.4 Å². The first kappa shape index (κ1) is 13.4. The van der Waals surface area contributed by atoms with Crippen molar-refractivity contribution in [1.82, 2.24) is 4.98 Å². The summed E-state index contributed by atoms with van der Waals surface area (Å²) in [5.74, 6) is 1.53. The van der Waals surface area contributed by atoms with Gasteiger partial charge in [-0.15, -0.1) is 0 Å². The van der Waals surface area contributed by atoms with Crippen molar-refractivity contribution in [2.24, 2.45) is 0 Å². The number of benzene rings is 1. The lowest BCUT2D eigenvalue weighted by Gasteiger charge is -2.09. The predicted octanol–water partition coefficient (Wildman–Crippen LogP) is 3.55. The van der Waals surface area contributed by atoms with Gasteiger partial charge in [-0.25, -0.2) is 4.98 Å². The molecule has 1 atom stereocenters. The van der Waals surface area contributed by atoms with E-state index in [9.17, 15) is 0 Å². The number of fused-ring (bicyclic) bond motifs is 2. The van der Waals surface area contributed by atoms with Crippen LogP contribution >= 0.6 is 0 Å². The van der Waals surface area contributed by atoms with Crippen molar-refractivity contribution < 1.29 is 18.6 Å². The summed E-state index contributed by atoms with van der Waals surface area (Å²) < 4.78 is 22.2. The molecule has 2 aromatic heterocycles. The normalized spacial score (nSPS) is 19.5. The van der Waals surface area contributed by atoms with Gasteiger partial charge in [0.1, 0.15) is 24.2 Å². The molecule has 0 N–H and O–H groups in total. The Morgan fingerprint density at radius 3 is 2.77 bits per heavy atom. The van der Waals surface area contributed by atoms with Crippen LogP contribution in [-0.4, -0.2) is 30.4 Å². The van der Waals surface area contributed by atoms with Crippen LogP contribution in [0.15, 0.2) is 34.9 Å². The van der Waals surface area contributed by atoms with Gasteiger partial charge in [-0.05, 0) is 32.0 Å². The maximum atomic E-state index is 5.80. The molecule has 5 heteroatoms. The molecule has 1 aliphatic heterocycles. The third kappa shape index (κ3) is 2.09. The van der Waals surface area contributed by atoms with Crippen LogP contribution in [-0.2, 0) is 4.74 Å². The van der Waals surface area contributed by atoms with E-state index in [0.717, 1.165) is 27.8 Å². The molecule has 1 fully saturated rings. The van der Waals surface area contributed by atoms with Crippen LogP contribution in [0.2, 0.25) is 0 Å². The lowest BCUT2D eigenvalue weighted by atomic mass is 10.1. The summed E-state index contributed by atoms with van der Waals surface area (Å²) in [5, 5.41) is 1.81.